The number of fused-ring (bicyclic) bond motifs is 1. The molecule has 5 heteroatoms. The van der Waals surface area contributed by atoms with Gasteiger partial charge in [0.15, 0.2) is 0 Å². The van der Waals surface area contributed by atoms with Crippen LogP contribution in [0, 0.1) is 0 Å². The molecule has 0 unspecified atom stereocenters. The van der Waals surface area contributed by atoms with Crippen LogP contribution in [0.1, 0.15) is 16.7 Å². The van der Waals surface area contributed by atoms with Gasteiger partial charge in [0.05, 0.1) is 5.56 Å². The number of rotatable bonds is 4. The van der Waals surface area contributed by atoms with Crippen LogP contribution in [0.2, 0.25) is 0 Å². The molecule has 1 aliphatic rings. The summed E-state index contributed by atoms with van der Waals surface area (Å²) in [5.41, 5.74) is 4.82. The van der Waals surface area contributed by atoms with Gasteiger partial charge in [-0.25, -0.2) is 0 Å². The van der Waals surface area contributed by atoms with Crippen LogP contribution in [-0.2, 0) is 19.1 Å². The van der Waals surface area contributed by atoms with Gasteiger partial charge in [-0.3, -0.25) is 4.90 Å². The van der Waals surface area contributed by atoms with E-state index in [0.29, 0.717) is 0 Å². The molecule has 1 heterocycles. The van der Waals surface area contributed by atoms with Crippen molar-refractivity contribution in [2.75, 3.05) is 32.1 Å². The Labute approximate surface area is 152 Å². The van der Waals surface area contributed by atoms with E-state index in [2.05, 4.69) is 28.5 Å². The Hall–Kier alpha value is -2.27. The summed E-state index contributed by atoms with van der Waals surface area (Å²) < 4.78 is 38.4. The highest BCUT2D eigenvalue weighted by Gasteiger charge is 2.30. The molecule has 0 aromatic heterocycles. The number of alkyl halides is 3. The number of nitrogens with zero attached hydrogens (tertiary/aromatic N) is 2. The van der Waals surface area contributed by atoms with Crippen LogP contribution in [-0.4, -0.2) is 32.1 Å². The van der Waals surface area contributed by atoms with E-state index in [9.17, 15) is 13.2 Å². The third-order valence-corrected chi connectivity index (χ3v) is 4.81. The van der Waals surface area contributed by atoms with Crippen molar-refractivity contribution in [1.82, 2.24) is 4.90 Å². The Bertz CT molecular complexity index is 792. The third kappa shape index (κ3) is 3.78. The summed E-state index contributed by atoms with van der Waals surface area (Å²) in [7, 11) is 4.00. The van der Waals surface area contributed by atoms with Gasteiger partial charge in [-0.1, -0.05) is 18.2 Å². The minimum atomic E-state index is -4.31. The van der Waals surface area contributed by atoms with Gasteiger partial charge >= 0.3 is 6.18 Å². The first-order valence-electron chi connectivity index (χ1n) is 8.63. The summed E-state index contributed by atoms with van der Waals surface area (Å²) in [6.07, 6.45) is -1.45. The van der Waals surface area contributed by atoms with E-state index in [1.54, 1.807) is 12.1 Å². The van der Waals surface area contributed by atoms with Crippen LogP contribution in [0.3, 0.4) is 0 Å². The van der Waals surface area contributed by atoms with Crippen molar-refractivity contribution in [3.05, 3.63) is 65.7 Å². The van der Waals surface area contributed by atoms with Crippen molar-refractivity contribution in [3.63, 3.8) is 0 Å². The average Bonchev–Trinajstić information content (AvgIpc) is 2.60. The molecule has 0 spiro atoms. The standard InChI is InChI=1S/C21H23F3N2/c1-4-10-26-11-9-19-17(14-26)12-16(13-20(19)25(2)3)15-5-7-18(8-6-15)21(22,23)24/h4-8,12-13H,1,9-11,14H2,2-3H3. The molecule has 26 heavy (non-hydrogen) atoms. The van der Waals surface area contributed by atoms with Crippen molar-refractivity contribution in [2.45, 2.75) is 19.1 Å². The molecular weight excluding hydrogens is 337 g/mol. The molecule has 1 aliphatic heterocycles. The second-order valence-electron chi connectivity index (χ2n) is 6.88. The molecule has 0 N–H and O–H groups in total. The maximum atomic E-state index is 12.8. The molecule has 0 amide bonds. The largest absolute Gasteiger partial charge is 0.416 e. The van der Waals surface area contributed by atoms with E-state index < -0.39 is 11.7 Å². The highest BCUT2D eigenvalue weighted by molar-refractivity contribution is 5.73. The molecule has 0 saturated heterocycles. The van der Waals surface area contributed by atoms with Crippen LogP contribution in [0.5, 0.6) is 0 Å². The highest BCUT2D eigenvalue weighted by Crippen LogP contribution is 2.35. The average molecular weight is 360 g/mol. The van der Waals surface area contributed by atoms with Gasteiger partial charge in [0.25, 0.3) is 0 Å². The molecule has 0 atom stereocenters. The Kier molecular flexibility index (Phi) is 5.10. The Morgan fingerprint density at radius 2 is 1.81 bits per heavy atom. The van der Waals surface area contributed by atoms with E-state index >= 15 is 0 Å². The molecule has 0 bridgehead atoms. The quantitative estimate of drug-likeness (QED) is 0.710. The lowest BCUT2D eigenvalue weighted by molar-refractivity contribution is -0.137. The first-order valence-corrected chi connectivity index (χ1v) is 8.63. The molecule has 2 aromatic carbocycles. The second-order valence-corrected chi connectivity index (χ2v) is 6.88. The zero-order valence-electron chi connectivity index (χ0n) is 15.1. The van der Waals surface area contributed by atoms with Crippen molar-refractivity contribution < 1.29 is 13.2 Å². The molecule has 2 aromatic rings. The summed E-state index contributed by atoms with van der Waals surface area (Å²) in [6, 6.07) is 9.58. The van der Waals surface area contributed by atoms with Crippen molar-refractivity contribution in [2.24, 2.45) is 0 Å². The number of hydrogen-bond donors (Lipinski definition) is 0. The van der Waals surface area contributed by atoms with E-state index in [1.807, 2.05) is 20.2 Å². The number of benzene rings is 2. The van der Waals surface area contributed by atoms with Crippen LogP contribution < -0.4 is 4.90 Å². The second kappa shape index (κ2) is 7.16. The molecule has 2 nitrogen and oxygen atoms in total. The van der Waals surface area contributed by atoms with Gasteiger partial charge in [-0.15, -0.1) is 6.58 Å². The Balaban J connectivity index is 2.01. The maximum absolute atomic E-state index is 12.8. The molecule has 0 fully saturated rings. The fraction of sp³-hybridized carbons (Fsp3) is 0.333. The van der Waals surface area contributed by atoms with E-state index in [1.165, 1.54) is 11.1 Å². The minimum absolute atomic E-state index is 0.621. The summed E-state index contributed by atoms with van der Waals surface area (Å²) in [4.78, 5) is 4.40. The Morgan fingerprint density at radius 1 is 1.12 bits per heavy atom. The fourth-order valence-electron chi connectivity index (χ4n) is 3.49. The third-order valence-electron chi connectivity index (χ3n) is 4.81. The predicted octanol–water partition coefficient (Wildman–Crippen LogP) is 4.98. The topological polar surface area (TPSA) is 6.48 Å². The summed E-state index contributed by atoms with van der Waals surface area (Å²) in [5, 5.41) is 0. The van der Waals surface area contributed by atoms with Gasteiger partial charge in [0.2, 0.25) is 0 Å². The molecule has 3 rings (SSSR count). The first-order chi connectivity index (χ1) is 12.3. The SMILES string of the molecule is C=CCN1CCc2c(cc(-c3ccc(C(F)(F)F)cc3)cc2N(C)C)C1. The number of hydrogen-bond acceptors (Lipinski definition) is 2. The molecule has 0 aliphatic carbocycles. The molecule has 138 valence electrons. The van der Waals surface area contributed by atoms with Crippen LogP contribution in [0.15, 0.2) is 49.1 Å². The van der Waals surface area contributed by atoms with Gasteiger partial charge in [0, 0.05) is 39.4 Å². The van der Waals surface area contributed by atoms with E-state index in [0.717, 1.165) is 55.0 Å². The lowest BCUT2D eigenvalue weighted by atomic mass is 9.92. The molecule has 0 radical (unpaired) electrons. The summed E-state index contributed by atoms with van der Waals surface area (Å²) in [6.45, 7) is 6.46. The van der Waals surface area contributed by atoms with Crippen molar-refractivity contribution in [1.29, 1.82) is 0 Å². The minimum Gasteiger partial charge on any atom is -0.377 e. The van der Waals surface area contributed by atoms with E-state index in [4.69, 9.17) is 0 Å². The zero-order chi connectivity index (χ0) is 18.9. The lowest BCUT2D eigenvalue weighted by Gasteiger charge is -2.31. The summed E-state index contributed by atoms with van der Waals surface area (Å²) >= 11 is 0. The smallest absolute Gasteiger partial charge is 0.377 e. The monoisotopic (exact) mass is 360 g/mol. The molecule has 0 saturated carbocycles. The maximum Gasteiger partial charge on any atom is 0.416 e. The number of halogens is 3. The van der Waals surface area contributed by atoms with Gasteiger partial charge in [-0.05, 0) is 52.9 Å². The van der Waals surface area contributed by atoms with Crippen LogP contribution in [0.25, 0.3) is 11.1 Å². The number of anilines is 1. The fourth-order valence-corrected chi connectivity index (χ4v) is 3.49. The van der Waals surface area contributed by atoms with Gasteiger partial charge in [-0.2, -0.15) is 13.2 Å². The van der Waals surface area contributed by atoms with E-state index in [-0.39, 0.29) is 0 Å². The summed E-state index contributed by atoms with van der Waals surface area (Å²) in [5.74, 6) is 0. The molecular formula is C21H23F3N2. The zero-order valence-corrected chi connectivity index (χ0v) is 15.1. The van der Waals surface area contributed by atoms with Gasteiger partial charge < -0.3 is 4.90 Å². The highest BCUT2D eigenvalue weighted by atomic mass is 19.4. The van der Waals surface area contributed by atoms with Gasteiger partial charge in [0.1, 0.15) is 0 Å². The first kappa shape index (κ1) is 18.5. The Morgan fingerprint density at radius 3 is 2.38 bits per heavy atom. The van der Waals surface area contributed by atoms with Crippen molar-refractivity contribution >= 4 is 5.69 Å². The lowest BCUT2D eigenvalue weighted by Crippen LogP contribution is -2.31. The van der Waals surface area contributed by atoms with Crippen molar-refractivity contribution in [3.8, 4) is 11.1 Å². The predicted molar refractivity (Wildman–Crippen MR) is 100 cm³/mol. The van der Waals surface area contributed by atoms with Crippen LogP contribution in [0.4, 0.5) is 18.9 Å². The van der Waals surface area contributed by atoms with Crippen LogP contribution >= 0.6 is 0 Å². The normalized spacial score (nSPS) is 14.8.